The van der Waals surface area contributed by atoms with Gasteiger partial charge >= 0.3 is 5.66 Å². The average Bonchev–Trinajstić information content (AvgIpc) is 3.96. The number of nitrogens with zero attached hydrogens (tertiary/aromatic N) is 2. The molecule has 0 saturated carbocycles. The minimum Gasteiger partial charge on any atom is -0.456 e. The van der Waals surface area contributed by atoms with Crippen LogP contribution in [-0.2, 0) is 5.66 Å². The summed E-state index contributed by atoms with van der Waals surface area (Å²) in [4.78, 5) is 0. The van der Waals surface area contributed by atoms with Gasteiger partial charge in [-0.05, 0) is 42.5 Å². The molecule has 3 aliphatic rings. The van der Waals surface area contributed by atoms with Gasteiger partial charge in [0.1, 0.15) is 34.2 Å². The van der Waals surface area contributed by atoms with Crippen LogP contribution in [0.25, 0.3) is 98.7 Å². The van der Waals surface area contributed by atoms with Gasteiger partial charge in [-0.25, -0.2) is 0 Å². The van der Waals surface area contributed by atoms with Gasteiger partial charge in [0.2, 0.25) is 11.0 Å². The zero-order chi connectivity index (χ0) is 33.4. The summed E-state index contributed by atoms with van der Waals surface area (Å²) in [7, 11) is 0. The summed E-state index contributed by atoms with van der Waals surface area (Å²) < 4.78 is 25.8. The number of aromatic nitrogens is 2. The van der Waals surface area contributed by atoms with Gasteiger partial charge in [-0.15, -0.1) is 9.13 Å². The van der Waals surface area contributed by atoms with E-state index in [1.54, 1.807) is 0 Å². The van der Waals surface area contributed by atoms with E-state index in [4.69, 9.17) is 13.6 Å². The summed E-state index contributed by atoms with van der Waals surface area (Å²) in [6.45, 7) is 0. The third kappa shape index (κ3) is 2.63. The van der Waals surface area contributed by atoms with E-state index in [1.165, 1.54) is 32.8 Å². The zero-order valence-corrected chi connectivity index (χ0v) is 27.5. The van der Waals surface area contributed by atoms with E-state index in [-0.39, 0.29) is 0 Å². The lowest BCUT2D eigenvalue weighted by Crippen LogP contribution is -2.72. The fraction of sp³-hybridized carbons (Fsp3) is 0.0213. The molecule has 0 amide bonds. The van der Waals surface area contributed by atoms with Crippen molar-refractivity contribution in [1.29, 1.82) is 0 Å². The van der Waals surface area contributed by atoms with E-state index >= 15 is 0 Å². The van der Waals surface area contributed by atoms with Crippen molar-refractivity contribution < 1.29 is 22.7 Å². The molecule has 0 radical (unpaired) electrons. The Kier molecular flexibility index (Phi) is 4.23. The van der Waals surface area contributed by atoms with Crippen LogP contribution in [-0.4, -0.2) is 0 Å². The van der Waals surface area contributed by atoms with Gasteiger partial charge in [0.15, 0.2) is 23.5 Å². The lowest BCUT2D eigenvalue weighted by Gasteiger charge is -2.26. The summed E-state index contributed by atoms with van der Waals surface area (Å²) in [5, 5.41) is 11.5. The number of furan rings is 2. The lowest BCUT2D eigenvalue weighted by atomic mass is 9.85. The van der Waals surface area contributed by atoms with Crippen LogP contribution in [0.3, 0.4) is 0 Å². The van der Waals surface area contributed by atoms with Gasteiger partial charge in [0.05, 0.1) is 21.5 Å². The monoisotopic (exact) mass is 664 g/mol. The maximum absolute atomic E-state index is 7.03. The normalized spacial score (nSPS) is 16.3. The Morgan fingerprint density at radius 3 is 1.62 bits per heavy atom. The minimum atomic E-state index is -0.712. The highest BCUT2D eigenvalue weighted by atomic mass is 16.5. The number of hydrogen-bond donors (Lipinski definition) is 0. The Balaban J connectivity index is 1.23. The molecule has 3 aliphatic heterocycles. The van der Waals surface area contributed by atoms with E-state index in [9.17, 15) is 0 Å². The second kappa shape index (κ2) is 8.48. The number of benzene rings is 7. The Morgan fingerprint density at radius 1 is 0.404 bits per heavy atom. The standard InChI is InChI=1S/C47H24N2O3/c1-3-11-25(12-4-1)44-36-28-19-21-33-40-38(28)43-30(37(36)45(52-44)26-13-5-2-6-14-26)17-10-24-49(43)47(40)41-34(50-33)22-20-31-39(41)42-29(16-9-23-48(42)47)35-27-15-7-8-18-32(27)51-46(31)35/h1-24H/q+2. The van der Waals surface area contributed by atoms with E-state index in [0.717, 1.165) is 88.6 Å². The molecule has 0 aliphatic carbocycles. The van der Waals surface area contributed by atoms with E-state index in [2.05, 4.69) is 149 Å². The Bertz CT molecular complexity index is 3490. The number of rotatable bonds is 2. The predicted molar refractivity (Wildman–Crippen MR) is 203 cm³/mol. The molecule has 0 fully saturated rings. The summed E-state index contributed by atoms with van der Waals surface area (Å²) in [5.41, 5.74) is 7.92. The van der Waals surface area contributed by atoms with Crippen molar-refractivity contribution in [3.05, 3.63) is 157 Å². The number of para-hydroxylation sites is 1. The fourth-order valence-electron chi connectivity index (χ4n) is 10.3. The van der Waals surface area contributed by atoms with Crippen molar-refractivity contribution in [3.63, 3.8) is 0 Å². The van der Waals surface area contributed by atoms with Gasteiger partial charge in [-0.1, -0.05) is 78.9 Å². The van der Waals surface area contributed by atoms with Gasteiger partial charge in [0, 0.05) is 55.6 Å². The molecule has 0 bridgehead atoms. The first-order valence-corrected chi connectivity index (χ1v) is 17.8. The molecule has 14 rings (SSSR count). The first kappa shape index (κ1) is 25.9. The number of fused-ring (bicyclic) bond motifs is 8. The number of pyridine rings is 2. The molecule has 1 spiro atoms. The van der Waals surface area contributed by atoms with Crippen LogP contribution in [0.5, 0.6) is 11.5 Å². The molecule has 238 valence electrons. The summed E-state index contributed by atoms with van der Waals surface area (Å²) >= 11 is 0. The third-order valence-corrected chi connectivity index (χ3v) is 12.0. The number of ether oxygens (including phenoxy) is 1. The molecule has 7 aromatic carbocycles. The first-order valence-electron chi connectivity index (χ1n) is 17.8. The molecular weight excluding hydrogens is 641 g/mol. The second-order valence-electron chi connectivity index (χ2n) is 14.3. The van der Waals surface area contributed by atoms with Gasteiger partial charge in [-0.3, -0.25) is 0 Å². The Hall–Kier alpha value is -6.98. The largest absolute Gasteiger partial charge is 0.456 e. The molecule has 52 heavy (non-hydrogen) atoms. The highest BCUT2D eigenvalue weighted by Crippen LogP contribution is 2.60. The van der Waals surface area contributed by atoms with Crippen LogP contribution in [0.2, 0.25) is 0 Å². The van der Waals surface area contributed by atoms with Crippen molar-refractivity contribution in [2.24, 2.45) is 0 Å². The van der Waals surface area contributed by atoms with Crippen LogP contribution in [0.1, 0.15) is 11.1 Å². The van der Waals surface area contributed by atoms with Crippen LogP contribution in [0.15, 0.2) is 155 Å². The van der Waals surface area contributed by atoms with Crippen molar-refractivity contribution in [2.45, 2.75) is 5.66 Å². The van der Waals surface area contributed by atoms with Gasteiger partial charge in [0.25, 0.3) is 0 Å². The molecule has 11 aromatic rings. The molecule has 7 heterocycles. The summed E-state index contributed by atoms with van der Waals surface area (Å²) in [6.07, 6.45) is 4.54. The molecule has 1 unspecified atom stereocenters. The van der Waals surface area contributed by atoms with Crippen LogP contribution in [0, 0.1) is 0 Å². The SMILES string of the molecule is c1ccc(-c2oc(-c3ccccc3)c3c4ccc[n+]5c4c4c6c(ccc4c23)Oc2ccc3c4oc7ccccc7c4c4ccc[n+]7c4c3c2C657)cc1. The Morgan fingerprint density at radius 2 is 0.942 bits per heavy atom. The quantitative estimate of drug-likeness (QED) is 0.136. The van der Waals surface area contributed by atoms with Crippen molar-refractivity contribution in [2.75, 3.05) is 0 Å². The molecule has 0 saturated heterocycles. The zero-order valence-electron chi connectivity index (χ0n) is 27.5. The van der Waals surface area contributed by atoms with E-state index < -0.39 is 5.66 Å². The van der Waals surface area contributed by atoms with Gasteiger partial charge < -0.3 is 13.6 Å². The molecule has 5 heteroatoms. The molecule has 1 atom stereocenters. The Labute approximate surface area is 294 Å². The highest BCUT2D eigenvalue weighted by Gasteiger charge is 2.69. The highest BCUT2D eigenvalue weighted by molar-refractivity contribution is 6.33. The maximum Gasteiger partial charge on any atom is 0.425 e. The summed E-state index contributed by atoms with van der Waals surface area (Å²) in [6, 6.07) is 47.1. The minimum absolute atomic E-state index is 0.712. The molecular formula is C47H24N2O3+2. The van der Waals surface area contributed by atoms with Crippen LogP contribution in [0.4, 0.5) is 0 Å². The molecule has 5 nitrogen and oxygen atoms in total. The number of hydrogen-bond acceptors (Lipinski definition) is 3. The second-order valence-corrected chi connectivity index (χ2v) is 14.3. The smallest absolute Gasteiger partial charge is 0.425 e. The topological polar surface area (TPSA) is 43.3 Å². The summed E-state index contributed by atoms with van der Waals surface area (Å²) in [5.74, 6) is 3.51. The van der Waals surface area contributed by atoms with Crippen molar-refractivity contribution in [1.82, 2.24) is 0 Å². The fourth-order valence-corrected chi connectivity index (χ4v) is 10.3. The van der Waals surface area contributed by atoms with Crippen LogP contribution < -0.4 is 13.9 Å². The van der Waals surface area contributed by atoms with Gasteiger partial charge in [-0.2, -0.15) is 0 Å². The maximum atomic E-state index is 7.03. The van der Waals surface area contributed by atoms with Crippen molar-refractivity contribution >= 4 is 76.1 Å². The lowest BCUT2D eigenvalue weighted by molar-refractivity contribution is -0.945. The average molecular weight is 665 g/mol. The predicted octanol–water partition coefficient (Wildman–Crippen LogP) is 10.9. The molecule has 0 N–H and O–H groups in total. The van der Waals surface area contributed by atoms with E-state index in [0.29, 0.717) is 0 Å². The third-order valence-electron chi connectivity index (χ3n) is 12.0. The van der Waals surface area contributed by atoms with Crippen LogP contribution >= 0.6 is 0 Å². The molecule has 4 aromatic heterocycles. The first-order chi connectivity index (χ1) is 25.8. The van der Waals surface area contributed by atoms with E-state index in [1.807, 2.05) is 6.07 Å². The van der Waals surface area contributed by atoms with Crippen molar-refractivity contribution in [3.8, 4) is 34.1 Å².